The van der Waals surface area contributed by atoms with Crippen LogP contribution in [0.5, 0.6) is 0 Å². The number of piperazine rings is 1. The van der Waals surface area contributed by atoms with Crippen molar-refractivity contribution >= 4 is 24.2 Å². The Kier molecular flexibility index (Phi) is 8.10. The summed E-state index contributed by atoms with van der Waals surface area (Å²) in [5, 5.41) is 6.21. The number of carbonyl (C=O) groups excluding carboxylic acids is 2. The molecule has 0 unspecified atom stereocenters. The number of hydrogen-bond donors (Lipinski definition) is 2. The fourth-order valence-electron chi connectivity index (χ4n) is 3.35. The van der Waals surface area contributed by atoms with Crippen LogP contribution in [-0.2, 0) is 16.1 Å². The van der Waals surface area contributed by atoms with E-state index >= 15 is 0 Å². The summed E-state index contributed by atoms with van der Waals surface area (Å²) in [5.74, 6) is 0.414. The normalized spacial score (nSPS) is 18.8. The molecule has 156 valence electrons. The van der Waals surface area contributed by atoms with Crippen molar-refractivity contribution in [2.24, 2.45) is 5.92 Å². The third kappa shape index (κ3) is 5.52. The van der Waals surface area contributed by atoms with Crippen molar-refractivity contribution < 1.29 is 9.59 Å². The van der Waals surface area contributed by atoms with E-state index < -0.39 is 6.04 Å². The summed E-state index contributed by atoms with van der Waals surface area (Å²) < 4.78 is 0. The Balaban J connectivity index is 0.00000300. The lowest BCUT2D eigenvalue weighted by Crippen LogP contribution is -2.63. The lowest BCUT2D eigenvalue weighted by atomic mass is 10.0. The Morgan fingerprint density at radius 3 is 2.45 bits per heavy atom. The first-order valence-electron chi connectivity index (χ1n) is 9.64. The molecular formula is C21H28ClN5O2. The van der Waals surface area contributed by atoms with Gasteiger partial charge in [-0.2, -0.15) is 0 Å². The van der Waals surface area contributed by atoms with Crippen LogP contribution in [0, 0.1) is 5.92 Å². The Hall–Kier alpha value is -2.51. The Labute approximate surface area is 177 Å². The Bertz CT molecular complexity index is 814. The van der Waals surface area contributed by atoms with Gasteiger partial charge in [-0.3, -0.25) is 9.59 Å². The molecule has 2 amide bonds. The van der Waals surface area contributed by atoms with Gasteiger partial charge in [0.25, 0.3) is 0 Å². The number of carbonyl (C=O) groups is 2. The summed E-state index contributed by atoms with van der Waals surface area (Å²) in [4.78, 5) is 35.6. The topological polar surface area (TPSA) is 87.2 Å². The first-order valence-corrected chi connectivity index (χ1v) is 9.64. The van der Waals surface area contributed by atoms with Crippen LogP contribution in [0.3, 0.4) is 0 Å². The molecule has 3 rings (SSSR count). The monoisotopic (exact) mass is 417 g/mol. The maximum absolute atomic E-state index is 12.8. The van der Waals surface area contributed by atoms with Crippen LogP contribution in [0.25, 0.3) is 11.4 Å². The third-order valence-corrected chi connectivity index (χ3v) is 4.88. The van der Waals surface area contributed by atoms with Crippen molar-refractivity contribution in [3.05, 3.63) is 48.3 Å². The molecule has 1 aromatic carbocycles. The highest BCUT2D eigenvalue weighted by molar-refractivity contribution is 5.89. The number of nitrogens with zero attached hydrogens (tertiary/aromatic N) is 3. The maximum atomic E-state index is 12.8. The zero-order valence-corrected chi connectivity index (χ0v) is 17.8. The van der Waals surface area contributed by atoms with Gasteiger partial charge in [-0.1, -0.05) is 38.1 Å². The van der Waals surface area contributed by atoms with Gasteiger partial charge >= 0.3 is 0 Å². The quantitative estimate of drug-likeness (QED) is 0.777. The van der Waals surface area contributed by atoms with E-state index in [-0.39, 0.29) is 36.2 Å². The van der Waals surface area contributed by atoms with Gasteiger partial charge in [0.1, 0.15) is 6.04 Å². The van der Waals surface area contributed by atoms with Gasteiger partial charge in [-0.15, -0.1) is 12.4 Å². The summed E-state index contributed by atoms with van der Waals surface area (Å²) in [7, 11) is 0. The van der Waals surface area contributed by atoms with Gasteiger partial charge in [0.15, 0.2) is 5.82 Å². The molecule has 0 radical (unpaired) electrons. The Morgan fingerprint density at radius 1 is 1.17 bits per heavy atom. The number of rotatable bonds is 5. The largest absolute Gasteiger partial charge is 0.350 e. The maximum Gasteiger partial charge on any atom is 0.244 e. The number of nitrogens with one attached hydrogen (secondary N) is 2. The molecule has 1 aliphatic rings. The van der Waals surface area contributed by atoms with Gasteiger partial charge in [-0.05, 0) is 18.6 Å². The second kappa shape index (κ2) is 10.3. The molecule has 2 atom stereocenters. The van der Waals surface area contributed by atoms with E-state index in [0.717, 1.165) is 11.1 Å². The fraction of sp³-hybridized carbons (Fsp3) is 0.429. The van der Waals surface area contributed by atoms with Crippen molar-refractivity contribution in [3.8, 4) is 11.4 Å². The number of amides is 2. The van der Waals surface area contributed by atoms with Crippen molar-refractivity contribution in [1.82, 2.24) is 25.5 Å². The minimum Gasteiger partial charge on any atom is -0.350 e. The molecule has 0 spiro atoms. The van der Waals surface area contributed by atoms with E-state index in [1.807, 2.05) is 45.0 Å². The van der Waals surface area contributed by atoms with E-state index in [9.17, 15) is 9.59 Å². The van der Waals surface area contributed by atoms with E-state index in [2.05, 4.69) is 20.6 Å². The molecule has 2 aromatic rings. The molecule has 29 heavy (non-hydrogen) atoms. The van der Waals surface area contributed by atoms with Crippen molar-refractivity contribution in [3.63, 3.8) is 0 Å². The van der Waals surface area contributed by atoms with Crippen LogP contribution in [0.1, 0.15) is 26.3 Å². The lowest BCUT2D eigenvalue weighted by Gasteiger charge is -2.41. The Morgan fingerprint density at radius 2 is 1.83 bits per heavy atom. The van der Waals surface area contributed by atoms with Crippen molar-refractivity contribution in [1.29, 1.82) is 0 Å². The van der Waals surface area contributed by atoms with Crippen LogP contribution in [0.2, 0.25) is 0 Å². The standard InChI is InChI=1S/C21H27N5O2.ClH/c1-14(2)21(28)26-15(3)11-22-13-18(26)20(27)25-12-16-5-7-17(8-6-16)19-23-9-4-10-24-19;/h4-10,14-15,18,22H,11-13H2,1-3H3,(H,25,27);1H/t15-,18-;/m1./s1. The predicted octanol–water partition coefficient (Wildman–Crippen LogP) is 2.03. The molecule has 0 aliphatic carbocycles. The molecule has 1 fully saturated rings. The van der Waals surface area contributed by atoms with Crippen LogP contribution in [0.4, 0.5) is 0 Å². The van der Waals surface area contributed by atoms with Crippen LogP contribution in [-0.4, -0.2) is 51.9 Å². The molecule has 0 saturated carbocycles. The van der Waals surface area contributed by atoms with E-state index in [1.165, 1.54) is 0 Å². The van der Waals surface area contributed by atoms with Gasteiger partial charge in [-0.25, -0.2) is 9.97 Å². The van der Waals surface area contributed by atoms with Crippen LogP contribution >= 0.6 is 12.4 Å². The van der Waals surface area contributed by atoms with Crippen LogP contribution < -0.4 is 10.6 Å². The highest BCUT2D eigenvalue weighted by Crippen LogP contribution is 2.16. The molecule has 1 aromatic heterocycles. The molecule has 2 N–H and O–H groups in total. The third-order valence-electron chi connectivity index (χ3n) is 4.88. The molecule has 2 heterocycles. The second-order valence-electron chi connectivity index (χ2n) is 7.41. The first kappa shape index (κ1) is 22.8. The SMILES string of the molecule is CC(C)C(=O)N1[C@H](C)CNC[C@@H]1C(=O)NCc1ccc(-c2ncccn2)cc1.Cl. The smallest absolute Gasteiger partial charge is 0.244 e. The summed E-state index contributed by atoms with van der Waals surface area (Å²) in [6.45, 7) is 7.28. The molecule has 1 saturated heterocycles. The van der Waals surface area contributed by atoms with Gasteiger partial charge < -0.3 is 15.5 Å². The molecule has 8 heteroatoms. The molecule has 0 bridgehead atoms. The number of benzene rings is 1. The number of halogens is 1. The predicted molar refractivity (Wildman–Crippen MR) is 114 cm³/mol. The van der Waals surface area contributed by atoms with E-state index in [0.29, 0.717) is 25.5 Å². The summed E-state index contributed by atoms with van der Waals surface area (Å²) in [6.07, 6.45) is 3.42. The number of aromatic nitrogens is 2. The molecule has 7 nitrogen and oxygen atoms in total. The fourth-order valence-corrected chi connectivity index (χ4v) is 3.35. The minimum absolute atomic E-state index is 0. The van der Waals surface area contributed by atoms with Crippen molar-refractivity contribution in [2.45, 2.75) is 39.4 Å². The van der Waals surface area contributed by atoms with Gasteiger partial charge in [0.2, 0.25) is 11.8 Å². The first-order chi connectivity index (χ1) is 13.5. The van der Waals surface area contributed by atoms with Gasteiger partial charge in [0, 0.05) is 49.6 Å². The zero-order chi connectivity index (χ0) is 20.1. The highest BCUT2D eigenvalue weighted by Gasteiger charge is 2.36. The highest BCUT2D eigenvalue weighted by atomic mass is 35.5. The van der Waals surface area contributed by atoms with E-state index in [1.54, 1.807) is 23.4 Å². The van der Waals surface area contributed by atoms with Crippen LogP contribution in [0.15, 0.2) is 42.7 Å². The average molecular weight is 418 g/mol. The van der Waals surface area contributed by atoms with E-state index in [4.69, 9.17) is 0 Å². The zero-order valence-electron chi connectivity index (χ0n) is 17.0. The van der Waals surface area contributed by atoms with Gasteiger partial charge in [0.05, 0.1) is 0 Å². The number of hydrogen-bond acceptors (Lipinski definition) is 5. The van der Waals surface area contributed by atoms with Crippen molar-refractivity contribution in [2.75, 3.05) is 13.1 Å². The lowest BCUT2D eigenvalue weighted by molar-refractivity contribution is -0.146. The minimum atomic E-state index is -0.490. The second-order valence-corrected chi connectivity index (χ2v) is 7.41. The summed E-state index contributed by atoms with van der Waals surface area (Å²) in [5.41, 5.74) is 1.90. The molecule has 1 aliphatic heterocycles. The summed E-state index contributed by atoms with van der Waals surface area (Å²) in [6, 6.07) is 9.06. The summed E-state index contributed by atoms with van der Waals surface area (Å²) >= 11 is 0. The average Bonchev–Trinajstić information content (AvgIpc) is 2.72. The molecular weight excluding hydrogens is 390 g/mol.